The van der Waals surface area contributed by atoms with E-state index in [1.54, 1.807) is 33.6 Å². The highest BCUT2D eigenvalue weighted by atomic mass is 32.1. The molecule has 1 saturated heterocycles. The number of hydrogen-bond acceptors (Lipinski definition) is 9. The van der Waals surface area contributed by atoms with Crippen LogP contribution in [0.25, 0.3) is 11.3 Å². The largest absolute Gasteiger partial charge is 0.496 e. The number of nitrogens with zero attached hydrogens (tertiary/aromatic N) is 3. The summed E-state index contributed by atoms with van der Waals surface area (Å²) < 4.78 is 35.5. The van der Waals surface area contributed by atoms with Gasteiger partial charge in [-0.05, 0) is 37.1 Å². The van der Waals surface area contributed by atoms with Crippen molar-refractivity contribution in [1.29, 1.82) is 0 Å². The van der Waals surface area contributed by atoms with Gasteiger partial charge in [-0.1, -0.05) is 0 Å². The molecule has 1 unspecified atom stereocenters. The van der Waals surface area contributed by atoms with Crippen LogP contribution in [0.2, 0.25) is 0 Å². The van der Waals surface area contributed by atoms with E-state index in [4.69, 9.17) is 38.5 Å². The summed E-state index contributed by atoms with van der Waals surface area (Å²) in [7, 11) is 4.80. The van der Waals surface area contributed by atoms with Crippen molar-refractivity contribution in [2.24, 2.45) is 10.1 Å². The maximum absolute atomic E-state index is 5.80. The van der Waals surface area contributed by atoms with E-state index in [9.17, 15) is 0 Å². The highest BCUT2D eigenvalue weighted by Crippen LogP contribution is 2.36. The normalized spacial score (nSPS) is 17.5. The van der Waals surface area contributed by atoms with Gasteiger partial charge in [0.15, 0.2) is 23.0 Å². The monoisotopic (exact) mass is 511 g/mol. The Morgan fingerprint density at radius 2 is 1.75 bits per heavy atom. The van der Waals surface area contributed by atoms with Gasteiger partial charge in [-0.3, -0.25) is 4.99 Å². The molecule has 0 bridgehead atoms. The summed E-state index contributed by atoms with van der Waals surface area (Å²) in [6.07, 6.45) is 3.98. The van der Waals surface area contributed by atoms with Crippen molar-refractivity contribution >= 4 is 17.6 Å². The lowest BCUT2D eigenvalue weighted by Crippen LogP contribution is -2.17. The minimum absolute atomic E-state index is 0.146. The molecule has 5 rings (SSSR count). The molecular formula is C26H29N3O6S. The lowest BCUT2D eigenvalue weighted by atomic mass is 10.1. The molecule has 1 fully saturated rings. The van der Waals surface area contributed by atoms with E-state index in [2.05, 4.69) is 0 Å². The van der Waals surface area contributed by atoms with Crippen molar-refractivity contribution < 1.29 is 28.4 Å². The first-order valence-electron chi connectivity index (χ1n) is 11.8. The molecule has 3 heterocycles. The number of benzene rings is 2. The topological polar surface area (TPSA) is 85.0 Å². The molecule has 36 heavy (non-hydrogen) atoms. The highest BCUT2D eigenvalue weighted by molar-refractivity contribution is 7.07. The number of aromatic nitrogens is 1. The molecule has 3 aromatic rings. The molecule has 0 radical (unpaired) electrons. The van der Waals surface area contributed by atoms with Crippen LogP contribution in [0, 0.1) is 0 Å². The van der Waals surface area contributed by atoms with Crippen LogP contribution in [0.4, 0.5) is 0 Å². The Labute approximate surface area is 213 Å². The fourth-order valence-corrected chi connectivity index (χ4v) is 5.01. The molecule has 2 aromatic carbocycles. The van der Waals surface area contributed by atoms with Crippen LogP contribution in [0.3, 0.4) is 0 Å². The average molecular weight is 512 g/mol. The standard InChI is InChI=1S/C26H29N3O6S/c1-30-22-13-24(32-3)23(31-2)12-18(22)14-28-29-20(16-36-26(29)27-15-19-5-4-8-33-19)17-6-7-21-25(11-17)35-10-9-34-21/h6-7,11-14,16,19H,4-5,8-10,15H2,1-3H3. The number of rotatable bonds is 8. The van der Waals surface area contributed by atoms with Crippen molar-refractivity contribution in [2.75, 3.05) is 47.7 Å². The van der Waals surface area contributed by atoms with Gasteiger partial charge in [-0.25, -0.2) is 4.68 Å². The fraction of sp³-hybridized carbons (Fsp3) is 0.385. The molecule has 9 nitrogen and oxygen atoms in total. The number of hydrogen-bond donors (Lipinski definition) is 0. The summed E-state index contributed by atoms with van der Waals surface area (Å²) in [5, 5.41) is 6.87. The summed E-state index contributed by atoms with van der Waals surface area (Å²) in [4.78, 5) is 5.62. The van der Waals surface area contributed by atoms with Crippen molar-refractivity contribution in [2.45, 2.75) is 18.9 Å². The van der Waals surface area contributed by atoms with Gasteiger partial charge in [0.25, 0.3) is 0 Å². The Kier molecular flexibility index (Phi) is 7.43. The predicted molar refractivity (Wildman–Crippen MR) is 137 cm³/mol. The summed E-state index contributed by atoms with van der Waals surface area (Å²) in [6.45, 7) is 2.47. The van der Waals surface area contributed by atoms with Crippen molar-refractivity contribution in [3.05, 3.63) is 46.1 Å². The first-order chi connectivity index (χ1) is 17.7. The van der Waals surface area contributed by atoms with Gasteiger partial charge in [0, 0.05) is 29.2 Å². The number of thiazole rings is 1. The first-order valence-corrected chi connectivity index (χ1v) is 12.6. The molecule has 1 atom stereocenters. The van der Waals surface area contributed by atoms with Crippen LogP contribution in [-0.2, 0) is 4.74 Å². The Balaban J connectivity index is 1.56. The van der Waals surface area contributed by atoms with E-state index in [1.165, 1.54) is 11.3 Å². The van der Waals surface area contributed by atoms with E-state index < -0.39 is 0 Å². The summed E-state index contributed by atoms with van der Waals surface area (Å²) >= 11 is 1.53. The second kappa shape index (κ2) is 11.0. The van der Waals surface area contributed by atoms with Crippen molar-refractivity contribution in [1.82, 2.24) is 4.68 Å². The van der Waals surface area contributed by atoms with Gasteiger partial charge in [-0.2, -0.15) is 5.10 Å². The zero-order chi connectivity index (χ0) is 24.9. The van der Waals surface area contributed by atoms with E-state index >= 15 is 0 Å². The maximum atomic E-state index is 5.80. The van der Waals surface area contributed by atoms with Gasteiger partial charge in [0.2, 0.25) is 4.80 Å². The van der Waals surface area contributed by atoms with Gasteiger partial charge >= 0.3 is 0 Å². The molecular weight excluding hydrogens is 482 g/mol. The fourth-order valence-electron chi connectivity index (χ4n) is 4.16. The van der Waals surface area contributed by atoms with Crippen LogP contribution < -0.4 is 28.5 Å². The molecule has 0 amide bonds. The molecule has 1 aromatic heterocycles. The molecule has 2 aliphatic heterocycles. The summed E-state index contributed by atoms with van der Waals surface area (Å²) in [5.74, 6) is 3.25. The quantitative estimate of drug-likeness (QED) is 0.426. The minimum atomic E-state index is 0.146. The lowest BCUT2D eigenvalue weighted by Gasteiger charge is -2.18. The molecule has 0 N–H and O–H groups in total. The third-order valence-electron chi connectivity index (χ3n) is 6.03. The van der Waals surface area contributed by atoms with Gasteiger partial charge in [-0.15, -0.1) is 11.3 Å². The smallest absolute Gasteiger partial charge is 0.206 e. The van der Waals surface area contributed by atoms with E-state index in [-0.39, 0.29) is 6.10 Å². The number of methoxy groups -OCH3 is 3. The third-order valence-corrected chi connectivity index (χ3v) is 6.88. The van der Waals surface area contributed by atoms with E-state index in [0.29, 0.717) is 37.0 Å². The Bertz CT molecular complexity index is 1310. The van der Waals surface area contributed by atoms with Crippen LogP contribution in [0.5, 0.6) is 28.7 Å². The Morgan fingerprint density at radius 1 is 0.972 bits per heavy atom. The van der Waals surface area contributed by atoms with Crippen molar-refractivity contribution in [3.63, 3.8) is 0 Å². The summed E-state index contributed by atoms with van der Waals surface area (Å²) in [6, 6.07) is 9.52. The minimum Gasteiger partial charge on any atom is -0.496 e. The van der Waals surface area contributed by atoms with Crippen LogP contribution in [0.1, 0.15) is 18.4 Å². The average Bonchev–Trinajstić information content (AvgIpc) is 3.59. The van der Waals surface area contributed by atoms with Crippen LogP contribution in [-0.4, -0.2) is 64.7 Å². The van der Waals surface area contributed by atoms with Crippen LogP contribution in [0.15, 0.2) is 45.8 Å². The summed E-state index contributed by atoms with van der Waals surface area (Å²) in [5.41, 5.74) is 2.58. The van der Waals surface area contributed by atoms with E-state index in [1.807, 2.05) is 34.3 Å². The Morgan fingerprint density at radius 3 is 2.50 bits per heavy atom. The lowest BCUT2D eigenvalue weighted by molar-refractivity contribution is 0.117. The SMILES string of the molecule is COc1cc(OC)c(OC)cc1C=Nn1c(-c2ccc3c(c2)OCCO3)csc1=NCC1CCCO1. The molecule has 0 aliphatic carbocycles. The molecule has 10 heteroatoms. The van der Waals surface area contributed by atoms with Gasteiger partial charge < -0.3 is 28.4 Å². The molecule has 0 saturated carbocycles. The van der Waals surface area contributed by atoms with Gasteiger partial charge in [0.1, 0.15) is 19.0 Å². The van der Waals surface area contributed by atoms with E-state index in [0.717, 1.165) is 52.6 Å². The zero-order valence-corrected chi connectivity index (χ0v) is 21.4. The van der Waals surface area contributed by atoms with Crippen LogP contribution >= 0.6 is 11.3 Å². The molecule has 0 spiro atoms. The highest BCUT2D eigenvalue weighted by Gasteiger charge is 2.17. The van der Waals surface area contributed by atoms with Gasteiger partial charge in [0.05, 0.1) is 45.9 Å². The molecule has 2 aliphatic rings. The molecule has 190 valence electrons. The first kappa shape index (κ1) is 24.2. The third kappa shape index (κ3) is 5.05. The van der Waals surface area contributed by atoms with Crippen molar-refractivity contribution in [3.8, 4) is 40.0 Å². The second-order valence-corrected chi connectivity index (χ2v) is 9.08. The predicted octanol–water partition coefficient (Wildman–Crippen LogP) is 3.98. The zero-order valence-electron chi connectivity index (χ0n) is 20.6. The maximum Gasteiger partial charge on any atom is 0.206 e. The number of fused-ring (bicyclic) bond motifs is 1. The number of ether oxygens (including phenoxy) is 6. The Hall–Kier alpha value is -3.50. The second-order valence-electron chi connectivity index (χ2n) is 8.24.